The monoisotopic (exact) mass is 612 g/mol. The van der Waals surface area contributed by atoms with Gasteiger partial charge in [0.2, 0.25) is 11.9 Å². The van der Waals surface area contributed by atoms with Crippen LogP contribution in [0.15, 0.2) is 54.7 Å². The molecule has 2 fully saturated rings. The average Bonchev–Trinajstić information content (AvgIpc) is 3.47. The van der Waals surface area contributed by atoms with Crippen molar-refractivity contribution >= 4 is 45.9 Å². The highest BCUT2D eigenvalue weighted by molar-refractivity contribution is 6.18. The molecule has 4 N–H and O–H groups in total. The predicted octanol–water partition coefficient (Wildman–Crippen LogP) is 5.32. The Hall–Kier alpha value is -4.51. The maximum absolute atomic E-state index is 13.6. The van der Waals surface area contributed by atoms with Gasteiger partial charge in [-0.15, -0.1) is 0 Å². The van der Waals surface area contributed by atoms with Gasteiger partial charge >= 0.3 is 0 Å². The Morgan fingerprint density at radius 2 is 1.58 bits per heavy atom. The number of piperazine rings is 1. The molecule has 236 valence electrons. The Morgan fingerprint density at radius 1 is 0.911 bits per heavy atom. The summed E-state index contributed by atoms with van der Waals surface area (Å²) in [5, 5.41) is 10.7. The topological polar surface area (TPSA) is 118 Å². The van der Waals surface area contributed by atoms with Gasteiger partial charge in [0.15, 0.2) is 5.78 Å². The molecule has 11 heteroatoms. The number of hydrogen-bond donors (Lipinski definition) is 4. The van der Waals surface area contributed by atoms with E-state index >= 15 is 0 Å². The number of rotatable bonds is 9. The van der Waals surface area contributed by atoms with Gasteiger partial charge in [-0.2, -0.15) is 9.97 Å². The summed E-state index contributed by atoms with van der Waals surface area (Å²) in [5.74, 6) is 0.342. The fourth-order valence-electron chi connectivity index (χ4n) is 6.02. The van der Waals surface area contributed by atoms with E-state index in [1.807, 2.05) is 26.0 Å². The van der Waals surface area contributed by atoms with E-state index in [1.54, 1.807) is 6.20 Å². The van der Waals surface area contributed by atoms with E-state index in [0.717, 1.165) is 57.5 Å². The van der Waals surface area contributed by atoms with Gasteiger partial charge in [-0.3, -0.25) is 9.59 Å². The molecule has 1 aliphatic heterocycles. The number of anilines is 4. The summed E-state index contributed by atoms with van der Waals surface area (Å²) < 4.78 is 13.6. The second-order valence-corrected chi connectivity index (χ2v) is 12.5. The first-order valence-corrected chi connectivity index (χ1v) is 15.8. The number of aromatic nitrogens is 3. The summed E-state index contributed by atoms with van der Waals surface area (Å²) in [6, 6.07) is 14.1. The Kier molecular flexibility index (Phi) is 8.97. The molecule has 0 bridgehead atoms. The first-order valence-electron chi connectivity index (χ1n) is 15.8. The van der Waals surface area contributed by atoms with E-state index in [4.69, 9.17) is 9.97 Å². The number of H-pyrrole nitrogens is 1. The summed E-state index contributed by atoms with van der Waals surface area (Å²) >= 11 is 0. The van der Waals surface area contributed by atoms with E-state index in [9.17, 15) is 14.0 Å². The predicted molar refractivity (Wildman–Crippen MR) is 176 cm³/mol. The number of likely N-dealkylation sites (N-methyl/N-ethyl adjacent to an activating group) is 1. The van der Waals surface area contributed by atoms with Crippen LogP contribution in [0.5, 0.6) is 0 Å². The molecule has 2 aromatic carbocycles. The van der Waals surface area contributed by atoms with Crippen LogP contribution in [0, 0.1) is 11.7 Å². The molecule has 45 heavy (non-hydrogen) atoms. The van der Waals surface area contributed by atoms with Crippen LogP contribution in [0.3, 0.4) is 0 Å². The molecule has 0 spiro atoms. The Morgan fingerprint density at radius 3 is 2.24 bits per heavy atom. The Labute approximate surface area is 262 Å². The van der Waals surface area contributed by atoms with Gasteiger partial charge in [-0.05, 0) is 81.3 Å². The lowest BCUT2D eigenvalue weighted by Gasteiger charge is -2.34. The smallest absolute Gasteiger partial charge is 0.231 e. The average molecular weight is 613 g/mol. The summed E-state index contributed by atoms with van der Waals surface area (Å²) in [6.45, 7) is 7.88. The number of nitrogens with zero attached hydrogens (tertiary/aromatic N) is 4. The van der Waals surface area contributed by atoms with Crippen molar-refractivity contribution in [3.63, 3.8) is 0 Å². The van der Waals surface area contributed by atoms with Crippen molar-refractivity contribution in [2.45, 2.75) is 51.6 Å². The molecule has 3 heterocycles. The van der Waals surface area contributed by atoms with Crippen LogP contribution in [-0.2, 0) is 4.79 Å². The lowest BCUT2D eigenvalue weighted by Crippen LogP contribution is -2.44. The number of nitrogens with one attached hydrogen (secondary N) is 4. The van der Waals surface area contributed by atoms with Gasteiger partial charge in [0.1, 0.15) is 17.3 Å². The Bertz CT molecular complexity index is 1640. The molecule has 0 radical (unpaired) electrons. The number of halogens is 1. The number of amides is 1. The first kappa shape index (κ1) is 30.5. The number of ketones is 1. The van der Waals surface area contributed by atoms with Crippen molar-refractivity contribution in [1.29, 1.82) is 0 Å². The van der Waals surface area contributed by atoms with Gasteiger partial charge in [-0.1, -0.05) is 13.8 Å². The lowest BCUT2D eigenvalue weighted by atomic mass is 9.90. The summed E-state index contributed by atoms with van der Waals surface area (Å²) in [4.78, 5) is 43.3. The maximum atomic E-state index is 13.6. The summed E-state index contributed by atoms with van der Waals surface area (Å²) in [5.41, 5.74) is 3.36. The molecule has 2 aromatic heterocycles. The fraction of sp³-hybridized carbons (Fsp3) is 0.412. The maximum Gasteiger partial charge on any atom is 0.231 e. The molecule has 1 amide bonds. The van der Waals surface area contributed by atoms with Gasteiger partial charge in [0.25, 0.3) is 0 Å². The third-order valence-corrected chi connectivity index (χ3v) is 8.81. The molecular formula is C34H41FN8O2. The minimum absolute atomic E-state index is 0.0466. The highest BCUT2D eigenvalue weighted by Crippen LogP contribution is 2.31. The quantitative estimate of drug-likeness (QED) is 0.188. The first-order chi connectivity index (χ1) is 21.7. The minimum Gasteiger partial charge on any atom is -0.369 e. The molecule has 6 rings (SSSR count). The van der Waals surface area contributed by atoms with Crippen molar-refractivity contribution < 1.29 is 14.0 Å². The Balaban J connectivity index is 1.25. The van der Waals surface area contributed by atoms with E-state index in [0.29, 0.717) is 33.9 Å². The standard InChI is InChI=1S/C34H41FN8O2/c1-21(2)33(45)38-25-10-8-24(9-11-25)37-32-29-28(30(44)22-4-6-23(35)7-5-22)20-36-31(29)40-34(41-32)39-26-12-14-27(15-13-26)43-18-16-42(3)17-19-43/h4-7,12-15,20-21,24-25H,8-11,16-19H2,1-3H3,(H,38,45)(H3,36,37,39,40,41). The van der Waals surface area contributed by atoms with Crippen LogP contribution in [0.25, 0.3) is 11.0 Å². The van der Waals surface area contributed by atoms with E-state index < -0.39 is 5.82 Å². The highest BCUT2D eigenvalue weighted by Gasteiger charge is 2.26. The molecule has 1 saturated heterocycles. The second kappa shape index (κ2) is 13.2. The molecule has 0 unspecified atom stereocenters. The lowest BCUT2D eigenvalue weighted by molar-refractivity contribution is -0.124. The van der Waals surface area contributed by atoms with Crippen molar-refractivity contribution in [2.75, 3.05) is 48.8 Å². The molecule has 1 saturated carbocycles. The zero-order chi connectivity index (χ0) is 31.5. The summed E-state index contributed by atoms with van der Waals surface area (Å²) in [6.07, 6.45) is 5.03. The van der Waals surface area contributed by atoms with Crippen LogP contribution in [0.4, 0.5) is 27.5 Å². The fourth-order valence-corrected chi connectivity index (χ4v) is 6.02. The zero-order valence-electron chi connectivity index (χ0n) is 26.1. The van der Waals surface area contributed by atoms with Crippen molar-refractivity contribution in [2.24, 2.45) is 5.92 Å². The molecule has 2 aliphatic rings. The number of carbonyl (C=O) groups excluding carboxylic acids is 2. The molecular weight excluding hydrogens is 571 g/mol. The highest BCUT2D eigenvalue weighted by atomic mass is 19.1. The number of benzene rings is 2. The van der Waals surface area contributed by atoms with Crippen LogP contribution in [0.2, 0.25) is 0 Å². The van der Waals surface area contributed by atoms with Crippen LogP contribution in [-0.4, -0.2) is 76.9 Å². The zero-order valence-corrected chi connectivity index (χ0v) is 26.1. The van der Waals surface area contributed by atoms with E-state index in [-0.39, 0.29) is 29.7 Å². The van der Waals surface area contributed by atoms with Gasteiger partial charge in [0, 0.05) is 67.3 Å². The second-order valence-electron chi connectivity index (χ2n) is 12.5. The minimum atomic E-state index is -0.399. The van der Waals surface area contributed by atoms with E-state index in [1.165, 1.54) is 30.0 Å². The number of carbonyl (C=O) groups is 2. The molecule has 0 atom stereocenters. The van der Waals surface area contributed by atoms with Crippen LogP contribution >= 0.6 is 0 Å². The van der Waals surface area contributed by atoms with Gasteiger partial charge in [0.05, 0.1) is 10.9 Å². The molecule has 10 nitrogen and oxygen atoms in total. The van der Waals surface area contributed by atoms with Crippen LogP contribution < -0.4 is 20.9 Å². The van der Waals surface area contributed by atoms with Gasteiger partial charge < -0.3 is 30.7 Å². The van der Waals surface area contributed by atoms with Crippen molar-refractivity contribution in [3.05, 3.63) is 71.7 Å². The third-order valence-electron chi connectivity index (χ3n) is 8.81. The number of fused-ring (bicyclic) bond motifs is 1. The van der Waals surface area contributed by atoms with E-state index in [2.05, 4.69) is 49.9 Å². The molecule has 4 aromatic rings. The number of hydrogen-bond acceptors (Lipinski definition) is 8. The van der Waals surface area contributed by atoms with Crippen LogP contribution in [0.1, 0.15) is 55.5 Å². The number of aromatic amines is 1. The third kappa shape index (κ3) is 7.09. The van der Waals surface area contributed by atoms with Crippen molar-refractivity contribution in [1.82, 2.24) is 25.2 Å². The van der Waals surface area contributed by atoms with Crippen molar-refractivity contribution in [3.8, 4) is 0 Å². The molecule has 1 aliphatic carbocycles. The largest absolute Gasteiger partial charge is 0.369 e. The summed E-state index contributed by atoms with van der Waals surface area (Å²) in [7, 11) is 2.15. The SMILES string of the molecule is CC(C)C(=O)NC1CCC(Nc2nc(Nc3ccc(N4CCN(C)CC4)cc3)nc3[nH]cc(C(=O)c4ccc(F)cc4)c23)CC1. The normalized spacial score (nSPS) is 19.1. The van der Waals surface area contributed by atoms with Gasteiger partial charge in [-0.25, -0.2) is 4.39 Å².